The Morgan fingerprint density at radius 1 is 1.29 bits per heavy atom. The fourth-order valence-corrected chi connectivity index (χ4v) is 5.62. The van der Waals surface area contributed by atoms with Crippen LogP contribution in [0.15, 0.2) is 12.2 Å². The molecule has 2 saturated carbocycles. The highest BCUT2D eigenvalue weighted by Crippen LogP contribution is 2.66. The smallest absolute Gasteiger partial charge is 0.320 e. The molecule has 1 heterocycles. The summed E-state index contributed by atoms with van der Waals surface area (Å²) < 4.78 is 17.0. The van der Waals surface area contributed by atoms with E-state index in [1.54, 1.807) is 0 Å². The molecule has 0 aromatic rings. The normalized spacial score (nSPS) is 39.8. The molecule has 6 unspecified atom stereocenters. The zero-order chi connectivity index (χ0) is 20.9. The van der Waals surface area contributed by atoms with Crippen molar-refractivity contribution in [3.05, 3.63) is 12.2 Å². The molecule has 0 bridgehead atoms. The molecule has 3 fully saturated rings. The molecule has 156 valence electrons. The first-order valence-corrected chi connectivity index (χ1v) is 10.2. The molecule has 3 aliphatic rings. The van der Waals surface area contributed by atoms with Gasteiger partial charge in [-0.15, -0.1) is 0 Å². The van der Waals surface area contributed by atoms with Crippen molar-refractivity contribution in [3.8, 4) is 0 Å². The van der Waals surface area contributed by atoms with Gasteiger partial charge in [0.05, 0.1) is 0 Å². The second-order valence-corrected chi connectivity index (χ2v) is 9.49. The van der Waals surface area contributed by atoms with Crippen molar-refractivity contribution < 1.29 is 28.6 Å². The van der Waals surface area contributed by atoms with Crippen LogP contribution in [0.5, 0.6) is 0 Å². The third-order valence-corrected chi connectivity index (χ3v) is 7.17. The summed E-state index contributed by atoms with van der Waals surface area (Å²) in [5.74, 6) is -0.849. The van der Waals surface area contributed by atoms with Gasteiger partial charge in [-0.2, -0.15) is 0 Å². The number of esters is 3. The molecule has 0 aromatic heterocycles. The van der Waals surface area contributed by atoms with E-state index in [9.17, 15) is 14.4 Å². The molecule has 28 heavy (non-hydrogen) atoms. The summed E-state index contributed by atoms with van der Waals surface area (Å²) in [6.45, 7) is 13.8. The highest BCUT2D eigenvalue weighted by molar-refractivity contribution is 5.86. The van der Waals surface area contributed by atoms with Gasteiger partial charge in [0.2, 0.25) is 0 Å². The molecule has 1 aliphatic heterocycles. The van der Waals surface area contributed by atoms with Crippen LogP contribution in [0, 0.1) is 28.6 Å². The van der Waals surface area contributed by atoms with E-state index in [0.717, 1.165) is 6.42 Å². The average molecular weight is 392 g/mol. The lowest BCUT2D eigenvalue weighted by atomic mass is 9.61. The highest BCUT2D eigenvalue weighted by atomic mass is 16.6. The molecule has 1 saturated heterocycles. The van der Waals surface area contributed by atoms with Gasteiger partial charge >= 0.3 is 17.9 Å². The van der Waals surface area contributed by atoms with Crippen LogP contribution in [0.1, 0.15) is 60.3 Å². The van der Waals surface area contributed by atoms with Gasteiger partial charge in [0, 0.05) is 19.3 Å². The molecule has 0 amide bonds. The first-order valence-electron chi connectivity index (χ1n) is 10.2. The van der Waals surface area contributed by atoms with Crippen LogP contribution >= 0.6 is 0 Å². The fourth-order valence-electron chi connectivity index (χ4n) is 5.62. The zero-order valence-electron chi connectivity index (χ0n) is 17.6. The van der Waals surface area contributed by atoms with E-state index in [1.165, 1.54) is 6.92 Å². The summed E-state index contributed by atoms with van der Waals surface area (Å²) in [4.78, 5) is 37.3. The van der Waals surface area contributed by atoms with E-state index in [0.29, 0.717) is 24.8 Å². The number of ether oxygens (including phenoxy) is 3. The minimum atomic E-state index is -1.05. The van der Waals surface area contributed by atoms with Gasteiger partial charge in [0.25, 0.3) is 0 Å². The molecule has 6 atom stereocenters. The van der Waals surface area contributed by atoms with E-state index in [-0.39, 0.29) is 41.7 Å². The molecule has 2 aliphatic carbocycles. The van der Waals surface area contributed by atoms with Gasteiger partial charge in [-0.3, -0.25) is 14.4 Å². The Labute approximate surface area is 167 Å². The van der Waals surface area contributed by atoms with Gasteiger partial charge in [0.1, 0.15) is 24.2 Å². The van der Waals surface area contributed by atoms with Crippen LogP contribution in [0.3, 0.4) is 0 Å². The van der Waals surface area contributed by atoms with E-state index in [4.69, 9.17) is 14.2 Å². The van der Waals surface area contributed by atoms with Crippen molar-refractivity contribution in [1.29, 1.82) is 0 Å². The lowest BCUT2D eigenvalue weighted by Crippen LogP contribution is -2.50. The maximum Gasteiger partial charge on any atom is 0.320 e. The van der Waals surface area contributed by atoms with Gasteiger partial charge < -0.3 is 14.2 Å². The van der Waals surface area contributed by atoms with Gasteiger partial charge in [-0.1, -0.05) is 34.3 Å². The number of hydrogen-bond donors (Lipinski definition) is 0. The largest absolute Gasteiger partial charge is 0.462 e. The number of rotatable bonds is 4. The third-order valence-electron chi connectivity index (χ3n) is 7.17. The van der Waals surface area contributed by atoms with Crippen LogP contribution in [-0.4, -0.2) is 36.7 Å². The standard InChI is InChI=1S/C22H32O6/c1-12(2)9-17(24)28-16-8-7-13(3)21(6)11-22(14(4)10-26-20(22)25)19(18(16)21)27-15(5)23/h12-13,16,18-19H,4,7-11H2,1-3,5-6H3. The van der Waals surface area contributed by atoms with E-state index in [1.807, 2.05) is 13.8 Å². The monoisotopic (exact) mass is 392 g/mol. The maximum absolute atomic E-state index is 12.9. The number of fused-ring (bicyclic) bond motifs is 1. The van der Waals surface area contributed by atoms with E-state index < -0.39 is 23.6 Å². The first-order chi connectivity index (χ1) is 13.0. The molecular weight excluding hydrogens is 360 g/mol. The van der Waals surface area contributed by atoms with Gasteiger partial charge in [0.15, 0.2) is 0 Å². The lowest BCUT2D eigenvalue weighted by molar-refractivity contribution is -0.175. The van der Waals surface area contributed by atoms with Crippen molar-refractivity contribution in [3.63, 3.8) is 0 Å². The second-order valence-electron chi connectivity index (χ2n) is 9.49. The minimum Gasteiger partial charge on any atom is -0.462 e. The summed E-state index contributed by atoms with van der Waals surface area (Å²) in [7, 11) is 0. The van der Waals surface area contributed by atoms with Crippen molar-refractivity contribution >= 4 is 17.9 Å². The number of cyclic esters (lactones) is 1. The third kappa shape index (κ3) is 3.15. The molecule has 6 nitrogen and oxygen atoms in total. The Balaban J connectivity index is 2.02. The number of carbonyl (C=O) groups excluding carboxylic acids is 3. The summed E-state index contributed by atoms with van der Waals surface area (Å²) in [5, 5.41) is 0. The number of hydrogen-bond acceptors (Lipinski definition) is 6. The van der Waals surface area contributed by atoms with Crippen LogP contribution in [0.25, 0.3) is 0 Å². The first kappa shape index (κ1) is 20.9. The van der Waals surface area contributed by atoms with Crippen molar-refractivity contribution in [1.82, 2.24) is 0 Å². The molecule has 0 aromatic carbocycles. The van der Waals surface area contributed by atoms with Crippen LogP contribution in [-0.2, 0) is 28.6 Å². The van der Waals surface area contributed by atoms with Gasteiger partial charge in [-0.05, 0) is 42.1 Å². The maximum atomic E-state index is 12.9. The second kappa shape index (κ2) is 7.20. The number of carbonyl (C=O) groups is 3. The summed E-state index contributed by atoms with van der Waals surface area (Å²) >= 11 is 0. The van der Waals surface area contributed by atoms with E-state index in [2.05, 4.69) is 20.4 Å². The summed E-state index contributed by atoms with van der Waals surface area (Å²) in [6.07, 6.45) is 1.31. The highest BCUT2D eigenvalue weighted by Gasteiger charge is 2.71. The molecule has 0 radical (unpaired) electrons. The minimum absolute atomic E-state index is 0.144. The lowest BCUT2D eigenvalue weighted by Gasteiger charge is -2.46. The van der Waals surface area contributed by atoms with Gasteiger partial charge in [-0.25, -0.2) is 0 Å². The van der Waals surface area contributed by atoms with Crippen LogP contribution < -0.4 is 0 Å². The summed E-state index contributed by atoms with van der Waals surface area (Å²) in [5.41, 5.74) is -0.723. The Morgan fingerprint density at radius 2 is 1.96 bits per heavy atom. The molecule has 6 heteroatoms. The molecular formula is C22H32O6. The van der Waals surface area contributed by atoms with Crippen molar-refractivity contribution in [2.75, 3.05) is 6.61 Å². The predicted molar refractivity (Wildman–Crippen MR) is 102 cm³/mol. The SMILES string of the molecule is C=C1COC(=O)C12CC1(C)C(C)CCC(OC(=O)CC(C)C)C1C2OC(C)=O. The Hall–Kier alpha value is -1.85. The van der Waals surface area contributed by atoms with Crippen molar-refractivity contribution in [2.45, 2.75) is 72.5 Å². The molecule has 3 rings (SSSR count). The Morgan fingerprint density at radius 3 is 2.50 bits per heavy atom. The topological polar surface area (TPSA) is 78.9 Å². The van der Waals surface area contributed by atoms with E-state index >= 15 is 0 Å². The quantitative estimate of drug-likeness (QED) is 0.414. The Kier molecular flexibility index (Phi) is 5.36. The zero-order valence-corrected chi connectivity index (χ0v) is 17.6. The average Bonchev–Trinajstić information content (AvgIpc) is 3.00. The fraction of sp³-hybridized carbons (Fsp3) is 0.773. The molecule has 0 N–H and O–H groups in total. The van der Waals surface area contributed by atoms with Crippen LogP contribution in [0.2, 0.25) is 0 Å². The van der Waals surface area contributed by atoms with Crippen molar-refractivity contribution in [2.24, 2.45) is 28.6 Å². The Bertz CT molecular complexity index is 679. The molecule has 1 spiro atoms. The summed E-state index contributed by atoms with van der Waals surface area (Å²) in [6, 6.07) is 0. The van der Waals surface area contributed by atoms with Crippen LogP contribution in [0.4, 0.5) is 0 Å². The predicted octanol–water partition coefficient (Wildman–Crippen LogP) is 3.43.